The third kappa shape index (κ3) is 9.65. The van der Waals surface area contributed by atoms with Gasteiger partial charge in [0.25, 0.3) is 0 Å². The second-order valence-electron chi connectivity index (χ2n) is 6.90. The van der Waals surface area contributed by atoms with Gasteiger partial charge < -0.3 is 5.11 Å². The van der Waals surface area contributed by atoms with Crippen molar-refractivity contribution in [3.8, 4) is 0 Å². The summed E-state index contributed by atoms with van der Waals surface area (Å²) in [6.07, 6.45) is 15.1. The van der Waals surface area contributed by atoms with E-state index in [4.69, 9.17) is 0 Å². The Balaban J connectivity index is 1.88. The van der Waals surface area contributed by atoms with Gasteiger partial charge in [-0.3, -0.25) is 0 Å². The van der Waals surface area contributed by atoms with Crippen LogP contribution in [0.25, 0.3) is 0 Å². The maximum absolute atomic E-state index is 10.7. The molecule has 0 spiro atoms. The Morgan fingerprint density at radius 2 is 1.35 bits per heavy atom. The van der Waals surface area contributed by atoms with Gasteiger partial charge in [-0.25, -0.2) is 0 Å². The number of unbranched alkanes of at least 4 members (excludes halogenated alkanes) is 8. The van der Waals surface area contributed by atoms with E-state index in [0.717, 1.165) is 6.42 Å². The lowest BCUT2D eigenvalue weighted by Gasteiger charge is -2.33. The van der Waals surface area contributed by atoms with Crippen LogP contribution >= 0.6 is 0 Å². The molecule has 1 unspecified atom stereocenters. The van der Waals surface area contributed by atoms with Crippen molar-refractivity contribution in [3.63, 3.8) is 0 Å². The highest BCUT2D eigenvalue weighted by molar-refractivity contribution is 7.82. The number of aliphatic hydroxyl groups is 1. The van der Waals surface area contributed by atoms with E-state index in [1.165, 1.54) is 64.2 Å². The first-order valence-electron chi connectivity index (χ1n) is 9.25. The van der Waals surface area contributed by atoms with Crippen LogP contribution in [0, 0.1) is 5.92 Å². The fraction of sp³-hybridized carbons (Fsp3) is 1.00. The van der Waals surface area contributed by atoms with Crippen LogP contribution in [0.15, 0.2) is 0 Å². The fourth-order valence-corrected chi connectivity index (χ4v) is 3.85. The Bertz CT molecular complexity index is 395. The molecule has 1 saturated heterocycles. The van der Waals surface area contributed by atoms with Gasteiger partial charge in [-0.2, -0.15) is 16.8 Å². The molecule has 1 heterocycles. The lowest BCUT2D eigenvalue weighted by Crippen LogP contribution is -2.50. The summed E-state index contributed by atoms with van der Waals surface area (Å²) in [5, 5.41) is 9.59. The van der Waals surface area contributed by atoms with E-state index >= 15 is 0 Å². The standard InChI is InChI=1S/C17H34O5S/c1-3-4-5-6-7-8-9-10-11-13-16(2)14-12-15-17(18)21-23(19,20)22-17/h16,18H,3-15H2,1-2H3. The summed E-state index contributed by atoms with van der Waals surface area (Å²) in [4.78, 5) is 0. The molecule has 1 fully saturated rings. The third-order valence-electron chi connectivity index (χ3n) is 4.45. The predicted octanol–water partition coefficient (Wildman–Crippen LogP) is 4.65. The molecule has 0 aromatic rings. The van der Waals surface area contributed by atoms with E-state index in [1.807, 2.05) is 0 Å². The molecule has 0 aromatic heterocycles. The minimum absolute atomic E-state index is 0.203. The molecule has 1 aliphatic heterocycles. The van der Waals surface area contributed by atoms with Crippen molar-refractivity contribution in [3.05, 3.63) is 0 Å². The Labute approximate surface area is 142 Å². The molecule has 1 atom stereocenters. The highest BCUT2D eigenvalue weighted by Crippen LogP contribution is 2.33. The van der Waals surface area contributed by atoms with Gasteiger partial charge >= 0.3 is 16.4 Å². The Morgan fingerprint density at radius 1 is 0.870 bits per heavy atom. The molecule has 0 saturated carbocycles. The van der Waals surface area contributed by atoms with Crippen molar-refractivity contribution < 1.29 is 21.9 Å². The summed E-state index contributed by atoms with van der Waals surface area (Å²) in [5.41, 5.74) is 0. The van der Waals surface area contributed by atoms with E-state index in [-0.39, 0.29) is 6.42 Å². The second kappa shape index (κ2) is 10.6. The molecule has 0 radical (unpaired) electrons. The van der Waals surface area contributed by atoms with E-state index in [0.29, 0.717) is 12.3 Å². The average molecular weight is 351 g/mol. The molecule has 0 amide bonds. The zero-order valence-electron chi connectivity index (χ0n) is 14.8. The van der Waals surface area contributed by atoms with E-state index < -0.39 is 16.4 Å². The number of hydrogen-bond donors (Lipinski definition) is 1. The summed E-state index contributed by atoms with van der Waals surface area (Å²) >= 11 is 0. The van der Waals surface area contributed by atoms with Crippen molar-refractivity contribution in [1.82, 2.24) is 0 Å². The monoisotopic (exact) mass is 350 g/mol. The summed E-state index contributed by atoms with van der Waals surface area (Å²) in [7, 11) is -3.92. The van der Waals surface area contributed by atoms with Crippen molar-refractivity contribution in [2.45, 2.75) is 103 Å². The van der Waals surface area contributed by atoms with Gasteiger partial charge in [0, 0.05) is 6.42 Å². The topological polar surface area (TPSA) is 72.8 Å². The van der Waals surface area contributed by atoms with Crippen LogP contribution < -0.4 is 0 Å². The van der Waals surface area contributed by atoms with E-state index in [2.05, 4.69) is 22.2 Å². The second-order valence-corrected chi connectivity index (χ2v) is 8.05. The van der Waals surface area contributed by atoms with Crippen molar-refractivity contribution in [1.29, 1.82) is 0 Å². The molecule has 1 rings (SSSR count). The largest absolute Gasteiger partial charge is 0.409 e. The van der Waals surface area contributed by atoms with Crippen LogP contribution in [0.1, 0.15) is 97.3 Å². The molecule has 6 heteroatoms. The number of rotatable bonds is 14. The third-order valence-corrected chi connectivity index (χ3v) is 5.38. The minimum atomic E-state index is -3.92. The van der Waals surface area contributed by atoms with Gasteiger partial charge in [-0.15, -0.1) is 0 Å². The predicted molar refractivity (Wildman–Crippen MR) is 90.9 cm³/mol. The molecular weight excluding hydrogens is 316 g/mol. The first kappa shape index (κ1) is 20.9. The molecule has 23 heavy (non-hydrogen) atoms. The van der Waals surface area contributed by atoms with E-state index in [1.54, 1.807) is 0 Å². The smallest absolute Gasteiger partial charge is 0.342 e. The number of hydrogen-bond acceptors (Lipinski definition) is 5. The average Bonchev–Trinajstić information content (AvgIpc) is 2.43. The Morgan fingerprint density at radius 3 is 1.87 bits per heavy atom. The maximum atomic E-state index is 10.7. The van der Waals surface area contributed by atoms with Crippen molar-refractivity contribution in [2.75, 3.05) is 0 Å². The highest BCUT2D eigenvalue weighted by atomic mass is 32.3. The minimum Gasteiger partial charge on any atom is -0.342 e. The molecule has 1 aliphatic rings. The van der Waals surface area contributed by atoms with Crippen LogP contribution in [-0.2, 0) is 18.8 Å². The van der Waals surface area contributed by atoms with Gasteiger partial charge in [0.15, 0.2) is 0 Å². The first-order chi connectivity index (χ1) is 10.9. The van der Waals surface area contributed by atoms with Gasteiger partial charge in [0.2, 0.25) is 0 Å². The highest BCUT2D eigenvalue weighted by Gasteiger charge is 2.50. The Kier molecular flexibility index (Phi) is 9.66. The van der Waals surface area contributed by atoms with Gasteiger partial charge in [-0.05, 0) is 12.3 Å². The van der Waals surface area contributed by atoms with Crippen LogP contribution in [0.4, 0.5) is 0 Å². The van der Waals surface area contributed by atoms with Gasteiger partial charge in [-0.1, -0.05) is 84.5 Å². The molecule has 5 nitrogen and oxygen atoms in total. The molecule has 1 N–H and O–H groups in total. The summed E-state index contributed by atoms with van der Waals surface area (Å²) in [5.74, 6) is -1.32. The lowest BCUT2D eigenvalue weighted by molar-refractivity contribution is -0.329. The fourth-order valence-electron chi connectivity index (χ4n) is 3.03. The van der Waals surface area contributed by atoms with E-state index in [9.17, 15) is 13.5 Å². The quantitative estimate of drug-likeness (QED) is 0.462. The SMILES string of the molecule is CCCCCCCCCCCC(C)CCCC1(O)OS(=O)(=O)O1. The van der Waals surface area contributed by atoms with Crippen LogP contribution in [0.5, 0.6) is 0 Å². The van der Waals surface area contributed by atoms with Crippen molar-refractivity contribution >= 4 is 10.4 Å². The summed E-state index contributed by atoms with van der Waals surface area (Å²) in [6, 6.07) is 0. The van der Waals surface area contributed by atoms with Gasteiger partial charge in [0.05, 0.1) is 0 Å². The van der Waals surface area contributed by atoms with Crippen LogP contribution in [-0.4, -0.2) is 19.5 Å². The molecule has 0 aliphatic carbocycles. The molecule has 0 bridgehead atoms. The first-order valence-corrected chi connectivity index (χ1v) is 10.6. The van der Waals surface area contributed by atoms with Crippen LogP contribution in [0.3, 0.4) is 0 Å². The van der Waals surface area contributed by atoms with Crippen LogP contribution in [0.2, 0.25) is 0 Å². The molecule has 0 aromatic carbocycles. The van der Waals surface area contributed by atoms with Gasteiger partial charge in [0.1, 0.15) is 0 Å². The zero-order valence-corrected chi connectivity index (χ0v) is 15.6. The van der Waals surface area contributed by atoms with Crippen molar-refractivity contribution in [2.24, 2.45) is 5.92 Å². The normalized spacial score (nSPS) is 20.1. The summed E-state index contributed by atoms with van der Waals surface area (Å²) < 4.78 is 30.1. The molecular formula is C17H34O5S. The lowest BCUT2D eigenvalue weighted by atomic mass is 9.96. The summed E-state index contributed by atoms with van der Waals surface area (Å²) in [6.45, 7) is 4.45. The Hall–Kier alpha value is -0.170. The molecule has 138 valence electrons. The maximum Gasteiger partial charge on any atom is 0.409 e. The zero-order chi connectivity index (χ0) is 17.2.